The van der Waals surface area contributed by atoms with Crippen molar-refractivity contribution in [3.05, 3.63) is 58.4 Å². The summed E-state index contributed by atoms with van der Waals surface area (Å²) in [6.07, 6.45) is 1.51. The molecule has 0 unspecified atom stereocenters. The lowest BCUT2D eigenvalue weighted by Crippen LogP contribution is -2.37. The fourth-order valence-electron chi connectivity index (χ4n) is 3.63. The number of nitrogens with zero attached hydrogens (tertiary/aromatic N) is 3. The minimum Gasteiger partial charge on any atom is -0.495 e. The van der Waals surface area contributed by atoms with Gasteiger partial charge >= 0.3 is 0 Å². The van der Waals surface area contributed by atoms with Crippen LogP contribution in [-0.2, 0) is 11.3 Å². The third-order valence-corrected chi connectivity index (χ3v) is 5.87. The van der Waals surface area contributed by atoms with Crippen LogP contribution in [0.3, 0.4) is 0 Å². The third kappa shape index (κ3) is 5.18. The van der Waals surface area contributed by atoms with Gasteiger partial charge in [0.25, 0.3) is 0 Å². The van der Waals surface area contributed by atoms with Gasteiger partial charge in [-0.05, 0) is 56.3 Å². The van der Waals surface area contributed by atoms with Gasteiger partial charge in [-0.25, -0.2) is 0 Å². The van der Waals surface area contributed by atoms with Crippen molar-refractivity contribution in [1.82, 2.24) is 15.0 Å². The Morgan fingerprint density at radius 1 is 1.23 bits per heavy atom. The van der Waals surface area contributed by atoms with E-state index in [0.717, 1.165) is 25.9 Å². The van der Waals surface area contributed by atoms with Crippen molar-refractivity contribution in [2.75, 3.05) is 25.5 Å². The first-order valence-electron chi connectivity index (χ1n) is 9.97. The number of rotatable bonds is 6. The quantitative estimate of drug-likeness (QED) is 0.563. The lowest BCUT2D eigenvalue weighted by atomic mass is 9.96. The van der Waals surface area contributed by atoms with Crippen LogP contribution < -0.4 is 10.1 Å². The first-order valence-corrected chi connectivity index (χ1v) is 10.7. The van der Waals surface area contributed by atoms with E-state index in [1.54, 1.807) is 25.3 Å². The highest BCUT2D eigenvalue weighted by Crippen LogP contribution is 2.29. The predicted molar refractivity (Wildman–Crippen MR) is 119 cm³/mol. The molecule has 0 bridgehead atoms. The molecule has 9 heteroatoms. The number of hydrogen-bond acceptors (Lipinski definition) is 6. The molecule has 0 saturated carbocycles. The van der Waals surface area contributed by atoms with Crippen LogP contribution in [0.4, 0.5) is 5.69 Å². The molecule has 1 aromatic heterocycles. The highest BCUT2D eigenvalue weighted by atomic mass is 35.5. The van der Waals surface area contributed by atoms with Crippen LogP contribution >= 0.6 is 23.2 Å². The SMILES string of the molecule is COc1ccccc1NC(=O)C1CCN(Cc2nc(-c3ccc(Cl)cc3Cl)no2)CC1. The Hall–Kier alpha value is -2.61. The molecule has 1 aliphatic rings. The number of carbonyl (C=O) groups is 1. The number of anilines is 1. The molecule has 7 nitrogen and oxygen atoms in total. The van der Waals surface area contributed by atoms with Gasteiger partial charge in [0.1, 0.15) is 5.75 Å². The summed E-state index contributed by atoms with van der Waals surface area (Å²) in [6.45, 7) is 2.06. The van der Waals surface area contributed by atoms with Gasteiger partial charge in [0.05, 0.1) is 24.4 Å². The van der Waals surface area contributed by atoms with E-state index in [-0.39, 0.29) is 11.8 Å². The standard InChI is InChI=1S/C22H22Cl2N4O3/c1-30-19-5-3-2-4-18(19)25-22(29)14-8-10-28(11-9-14)13-20-26-21(27-31-20)16-7-6-15(23)12-17(16)24/h2-7,12,14H,8-11,13H2,1H3,(H,25,29). The van der Waals surface area contributed by atoms with E-state index in [0.29, 0.717) is 45.3 Å². The zero-order chi connectivity index (χ0) is 21.8. The van der Waals surface area contributed by atoms with Crippen LogP contribution in [0.1, 0.15) is 18.7 Å². The molecule has 1 aliphatic heterocycles. The number of ether oxygens (including phenoxy) is 1. The number of nitrogens with one attached hydrogen (secondary N) is 1. The highest BCUT2D eigenvalue weighted by molar-refractivity contribution is 6.36. The molecule has 1 fully saturated rings. The molecule has 3 aromatic rings. The normalized spacial score (nSPS) is 15.1. The number of aromatic nitrogens is 2. The number of para-hydroxylation sites is 2. The van der Waals surface area contributed by atoms with Gasteiger partial charge in [0.15, 0.2) is 0 Å². The summed E-state index contributed by atoms with van der Waals surface area (Å²) in [7, 11) is 1.59. The molecule has 2 aromatic carbocycles. The van der Waals surface area contributed by atoms with Gasteiger partial charge < -0.3 is 14.6 Å². The van der Waals surface area contributed by atoms with Crippen LogP contribution in [-0.4, -0.2) is 41.1 Å². The average Bonchev–Trinajstić information content (AvgIpc) is 3.22. The van der Waals surface area contributed by atoms with Gasteiger partial charge in [-0.2, -0.15) is 4.98 Å². The summed E-state index contributed by atoms with van der Waals surface area (Å²) >= 11 is 12.2. The second-order valence-corrected chi connectivity index (χ2v) is 8.22. The summed E-state index contributed by atoms with van der Waals surface area (Å²) in [5, 5.41) is 8.04. The number of amides is 1. The largest absolute Gasteiger partial charge is 0.495 e. The van der Waals surface area contributed by atoms with Gasteiger partial charge in [-0.15, -0.1) is 0 Å². The van der Waals surface area contributed by atoms with E-state index >= 15 is 0 Å². The Morgan fingerprint density at radius 2 is 2.00 bits per heavy atom. The molecule has 162 valence electrons. The third-order valence-electron chi connectivity index (χ3n) is 5.32. The van der Waals surface area contributed by atoms with Gasteiger partial charge in [-0.1, -0.05) is 40.5 Å². The number of methoxy groups -OCH3 is 1. The topological polar surface area (TPSA) is 80.5 Å². The van der Waals surface area contributed by atoms with Crippen molar-refractivity contribution in [3.8, 4) is 17.1 Å². The first kappa shape index (κ1) is 21.6. The molecule has 0 radical (unpaired) electrons. The van der Waals surface area contributed by atoms with Gasteiger partial charge in [-0.3, -0.25) is 9.69 Å². The van der Waals surface area contributed by atoms with E-state index in [2.05, 4.69) is 20.4 Å². The molecule has 1 saturated heterocycles. The summed E-state index contributed by atoms with van der Waals surface area (Å²) < 4.78 is 10.7. The molecule has 0 aliphatic carbocycles. The van der Waals surface area contributed by atoms with Crippen molar-refractivity contribution in [2.45, 2.75) is 19.4 Å². The second-order valence-electron chi connectivity index (χ2n) is 7.38. The molecule has 1 amide bonds. The van der Waals surface area contributed by atoms with Crippen molar-refractivity contribution in [1.29, 1.82) is 0 Å². The molecule has 2 heterocycles. The molecule has 0 spiro atoms. The van der Waals surface area contributed by atoms with Crippen LogP contribution in [0.5, 0.6) is 5.75 Å². The predicted octanol–water partition coefficient (Wildman–Crippen LogP) is 4.90. The summed E-state index contributed by atoms with van der Waals surface area (Å²) in [4.78, 5) is 19.3. The number of carbonyl (C=O) groups excluding carboxylic acids is 1. The number of hydrogen-bond donors (Lipinski definition) is 1. The van der Waals surface area contributed by atoms with E-state index in [1.165, 1.54) is 0 Å². The van der Waals surface area contributed by atoms with E-state index in [1.807, 2.05) is 24.3 Å². The molecule has 4 rings (SSSR count). The Labute approximate surface area is 190 Å². The summed E-state index contributed by atoms with van der Waals surface area (Å²) in [5.41, 5.74) is 1.37. The fraction of sp³-hybridized carbons (Fsp3) is 0.318. The Bertz CT molecular complexity index is 1060. The minimum absolute atomic E-state index is 0.0154. The smallest absolute Gasteiger partial charge is 0.241 e. The first-order chi connectivity index (χ1) is 15.0. The van der Waals surface area contributed by atoms with E-state index < -0.39 is 0 Å². The van der Waals surface area contributed by atoms with Crippen LogP contribution in [0, 0.1) is 5.92 Å². The van der Waals surface area contributed by atoms with Gasteiger partial charge in [0, 0.05) is 16.5 Å². The molecule has 1 N–H and O–H groups in total. The zero-order valence-electron chi connectivity index (χ0n) is 17.0. The number of benzene rings is 2. The zero-order valence-corrected chi connectivity index (χ0v) is 18.5. The average molecular weight is 461 g/mol. The van der Waals surface area contributed by atoms with Crippen molar-refractivity contribution in [2.24, 2.45) is 5.92 Å². The summed E-state index contributed by atoms with van der Waals surface area (Å²) in [5.74, 6) is 1.57. The number of piperidine rings is 1. The van der Waals surface area contributed by atoms with E-state index in [9.17, 15) is 4.79 Å². The second kappa shape index (κ2) is 9.68. The van der Waals surface area contributed by atoms with Crippen LogP contribution in [0.25, 0.3) is 11.4 Å². The van der Waals surface area contributed by atoms with Crippen molar-refractivity contribution >= 4 is 34.8 Å². The van der Waals surface area contributed by atoms with Crippen molar-refractivity contribution < 1.29 is 14.1 Å². The molecule has 0 atom stereocenters. The lowest BCUT2D eigenvalue weighted by Gasteiger charge is -2.30. The maximum atomic E-state index is 12.7. The monoisotopic (exact) mass is 460 g/mol. The minimum atomic E-state index is -0.0488. The molecule has 31 heavy (non-hydrogen) atoms. The highest BCUT2D eigenvalue weighted by Gasteiger charge is 2.26. The fourth-order valence-corrected chi connectivity index (χ4v) is 4.12. The van der Waals surface area contributed by atoms with Crippen molar-refractivity contribution in [3.63, 3.8) is 0 Å². The maximum absolute atomic E-state index is 12.7. The Balaban J connectivity index is 1.31. The van der Waals surface area contributed by atoms with E-state index in [4.69, 9.17) is 32.5 Å². The van der Waals surface area contributed by atoms with Gasteiger partial charge in [0.2, 0.25) is 17.6 Å². The Morgan fingerprint density at radius 3 is 2.74 bits per heavy atom. The Kier molecular flexibility index (Phi) is 6.75. The molecular weight excluding hydrogens is 439 g/mol. The number of halogens is 2. The molecular formula is C22H22Cl2N4O3. The van der Waals surface area contributed by atoms with Crippen LogP contribution in [0.2, 0.25) is 10.0 Å². The lowest BCUT2D eigenvalue weighted by molar-refractivity contribution is -0.121. The number of likely N-dealkylation sites (tertiary alicyclic amines) is 1. The summed E-state index contributed by atoms with van der Waals surface area (Å²) in [6, 6.07) is 12.6. The van der Waals surface area contributed by atoms with Crippen LogP contribution in [0.15, 0.2) is 47.0 Å². The maximum Gasteiger partial charge on any atom is 0.241 e.